The minimum atomic E-state index is -0.810. The predicted molar refractivity (Wildman–Crippen MR) is 81.0 cm³/mol. The molecule has 0 saturated heterocycles. The standard InChI is InChI=1S/C16H26N2O2/c1-4-6-13-8-12(3)18-15(9-13)10-14(7-5-2)17-11-16(19)20/h8-9,14,17H,4-7,10-11H2,1-3H3,(H,19,20). The Bertz CT molecular complexity index is 432. The maximum absolute atomic E-state index is 10.7. The molecular weight excluding hydrogens is 252 g/mol. The lowest BCUT2D eigenvalue weighted by atomic mass is 10.0. The molecule has 0 saturated carbocycles. The highest BCUT2D eigenvalue weighted by atomic mass is 16.4. The summed E-state index contributed by atoms with van der Waals surface area (Å²) in [5, 5.41) is 11.9. The first-order valence-corrected chi connectivity index (χ1v) is 7.46. The SMILES string of the molecule is CCCc1cc(C)nc(CC(CCC)NCC(=O)O)c1. The number of pyridine rings is 1. The van der Waals surface area contributed by atoms with Crippen LogP contribution in [0.25, 0.3) is 0 Å². The zero-order chi connectivity index (χ0) is 15.0. The van der Waals surface area contributed by atoms with Crippen molar-refractivity contribution in [3.05, 3.63) is 29.1 Å². The second-order valence-corrected chi connectivity index (χ2v) is 5.32. The van der Waals surface area contributed by atoms with Crippen molar-refractivity contribution < 1.29 is 9.90 Å². The molecule has 0 fully saturated rings. The van der Waals surface area contributed by atoms with E-state index in [0.717, 1.165) is 43.5 Å². The van der Waals surface area contributed by atoms with E-state index in [9.17, 15) is 4.79 Å². The second kappa shape index (κ2) is 8.69. The monoisotopic (exact) mass is 278 g/mol. The van der Waals surface area contributed by atoms with Crippen molar-refractivity contribution in [2.75, 3.05) is 6.54 Å². The molecule has 1 aromatic heterocycles. The third-order valence-corrected chi connectivity index (χ3v) is 3.24. The van der Waals surface area contributed by atoms with Crippen LogP contribution in [0.4, 0.5) is 0 Å². The average molecular weight is 278 g/mol. The third kappa shape index (κ3) is 6.15. The molecule has 4 nitrogen and oxygen atoms in total. The summed E-state index contributed by atoms with van der Waals surface area (Å²) in [7, 11) is 0. The molecule has 0 aliphatic heterocycles. The molecule has 0 aromatic carbocycles. The van der Waals surface area contributed by atoms with Crippen molar-refractivity contribution >= 4 is 5.97 Å². The van der Waals surface area contributed by atoms with E-state index >= 15 is 0 Å². The molecule has 0 aliphatic rings. The number of carboxylic acids is 1. The van der Waals surface area contributed by atoms with E-state index in [4.69, 9.17) is 5.11 Å². The van der Waals surface area contributed by atoms with Crippen LogP contribution in [0.2, 0.25) is 0 Å². The topological polar surface area (TPSA) is 62.2 Å². The molecule has 1 unspecified atom stereocenters. The fraction of sp³-hybridized carbons (Fsp3) is 0.625. The van der Waals surface area contributed by atoms with Gasteiger partial charge in [0.1, 0.15) is 0 Å². The number of nitrogens with one attached hydrogen (secondary N) is 1. The molecule has 0 radical (unpaired) electrons. The molecule has 1 rings (SSSR count). The van der Waals surface area contributed by atoms with E-state index in [2.05, 4.69) is 36.3 Å². The summed E-state index contributed by atoms with van der Waals surface area (Å²) in [6, 6.07) is 4.47. The van der Waals surface area contributed by atoms with Gasteiger partial charge in [-0.3, -0.25) is 9.78 Å². The van der Waals surface area contributed by atoms with Crippen LogP contribution in [-0.2, 0) is 17.6 Å². The van der Waals surface area contributed by atoms with Gasteiger partial charge in [0.2, 0.25) is 0 Å². The average Bonchev–Trinajstić information content (AvgIpc) is 2.36. The molecule has 2 N–H and O–H groups in total. The Hall–Kier alpha value is -1.42. The highest BCUT2D eigenvalue weighted by molar-refractivity contribution is 5.69. The number of aryl methyl sites for hydroxylation is 2. The maximum Gasteiger partial charge on any atom is 0.317 e. The minimum Gasteiger partial charge on any atom is -0.480 e. The summed E-state index contributed by atoms with van der Waals surface area (Å²) in [5.41, 5.74) is 3.42. The van der Waals surface area contributed by atoms with Gasteiger partial charge in [-0.25, -0.2) is 0 Å². The second-order valence-electron chi connectivity index (χ2n) is 5.32. The summed E-state index contributed by atoms with van der Waals surface area (Å²) in [6.07, 6.45) is 4.98. The van der Waals surface area contributed by atoms with Gasteiger partial charge in [0.15, 0.2) is 0 Å². The number of carboxylic acid groups (broad SMARTS) is 1. The van der Waals surface area contributed by atoms with Crippen LogP contribution in [0.1, 0.15) is 50.1 Å². The van der Waals surface area contributed by atoms with Gasteiger partial charge in [-0.2, -0.15) is 0 Å². The molecule has 112 valence electrons. The van der Waals surface area contributed by atoms with Crippen molar-refractivity contribution in [2.24, 2.45) is 0 Å². The minimum absolute atomic E-state index is 0.0122. The highest BCUT2D eigenvalue weighted by Crippen LogP contribution is 2.12. The molecule has 1 heterocycles. The van der Waals surface area contributed by atoms with Crippen LogP contribution in [-0.4, -0.2) is 28.6 Å². The van der Waals surface area contributed by atoms with Crippen LogP contribution in [0.5, 0.6) is 0 Å². The van der Waals surface area contributed by atoms with Crippen molar-refractivity contribution in [2.45, 2.75) is 58.9 Å². The summed E-state index contributed by atoms with van der Waals surface area (Å²) in [5.74, 6) is -0.810. The van der Waals surface area contributed by atoms with Gasteiger partial charge >= 0.3 is 5.97 Å². The third-order valence-electron chi connectivity index (χ3n) is 3.24. The Morgan fingerprint density at radius 1 is 1.35 bits per heavy atom. The number of aliphatic carboxylic acids is 1. The summed E-state index contributed by atoms with van der Waals surface area (Å²) in [4.78, 5) is 15.3. The zero-order valence-electron chi connectivity index (χ0n) is 12.8. The summed E-state index contributed by atoms with van der Waals surface area (Å²) < 4.78 is 0. The van der Waals surface area contributed by atoms with Gasteiger partial charge in [0, 0.05) is 23.9 Å². The van der Waals surface area contributed by atoms with Crippen molar-refractivity contribution in [3.63, 3.8) is 0 Å². The number of hydrogen-bond acceptors (Lipinski definition) is 3. The quantitative estimate of drug-likeness (QED) is 0.729. The van der Waals surface area contributed by atoms with Crippen molar-refractivity contribution in [1.29, 1.82) is 0 Å². The van der Waals surface area contributed by atoms with E-state index in [0.29, 0.717) is 0 Å². The van der Waals surface area contributed by atoms with Crippen LogP contribution in [0.3, 0.4) is 0 Å². The van der Waals surface area contributed by atoms with Gasteiger partial charge in [0.05, 0.1) is 6.54 Å². The van der Waals surface area contributed by atoms with E-state index in [1.165, 1.54) is 5.56 Å². The number of aromatic nitrogens is 1. The molecule has 20 heavy (non-hydrogen) atoms. The van der Waals surface area contributed by atoms with Gasteiger partial charge in [0.25, 0.3) is 0 Å². The smallest absolute Gasteiger partial charge is 0.317 e. The molecule has 1 atom stereocenters. The van der Waals surface area contributed by atoms with Crippen molar-refractivity contribution in [1.82, 2.24) is 10.3 Å². The van der Waals surface area contributed by atoms with E-state index in [-0.39, 0.29) is 12.6 Å². The molecule has 0 bridgehead atoms. The predicted octanol–water partition coefficient (Wildman–Crippen LogP) is 2.73. The number of rotatable bonds is 9. The van der Waals surface area contributed by atoms with Gasteiger partial charge in [-0.05, 0) is 37.5 Å². The Labute approximate surface area is 121 Å². The van der Waals surface area contributed by atoms with Gasteiger partial charge < -0.3 is 10.4 Å². The summed E-state index contributed by atoms with van der Waals surface area (Å²) in [6.45, 7) is 6.31. The van der Waals surface area contributed by atoms with Crippen LogP contribution in [0, 0.1) is 6.92 Å². The fourth-order valence-corrected chi connectivity index (χ4v) is 2.46. The molecule has 0 spiro atoms. The van der Waals surface area contributed by atoms with E-state index in [1.54, 1.807) is 0 Å². The van der Waals surface area contributed by atoms with E-state index in [1.807, 2.05) is 6.92 Å². The Morgan fingerprint density at radius 2 is 2.10 bits per heavy atom. The summed E-state index contributed by atoms with van der Waals surface area (Å²) >= 11 is 0. The van der Waals surface area contributed by atoms with Gasteiger partial charge in [-0.15, -0.1) is 0 Å². The Kier molecular flexibility index (Phi) is 7.23. The lowest BCUT2D eigenvalue weighted by Gasteiger charge is -2.17. The Morgan fingerprint density at radius 3 is 2.70 bits per heavy atom. The highest BCUT2D eigenvalue weighted by Gasteiger charge is 2.11. The van der Waals surface area contributed by atoms with Gasteiger partial charge in [-0.1, -0.05) is 26.7 Å². The normalized spacial score (nSPS) is 12.3. The fourth-order valence-electron chi connectivity index (χ4n) is 2.46. The van der Waals surface area contributed by atoms with E-state index < -0.39 is 5.97 Å². The molecule has 0 amide bonds. The van der Waals surface area contributed by atoms with Crippen LogP contribution < -0.4 is 5.32 Å². The first-order valence-electron chi connectivity index (χ1n) is 7.46. The first-order chi connectivity index (χ1) is 9.55. The molecule has 1 aromatic rings. The molecular formula is C16H26N2O2. The molecule has 4 heteroatoms. The number of nitrogens with zero attached hydrogens (tertiary/aromatic N) is 1. The maximum atomic E-state index is 10.7. The van der Waals surface area contributed by atoms with Crippen LogP contribution >= 0.6 is 0 Å². The largest absolute Gasteiger partial charge is 0.480 e. The lowest BCUT2D eigenvalue weighted by Crippen LogP contribution is -2.35. The number of carbonyl (C=O) groups is 1. The Balaban J connectivity index is 2.73. The zero-order valence-corrected chi connectivity index (χ0v) is 12.8. The number of hydrogen-bond donors (Lipinski definition) is 2. The lowest BCUT2D eigenvalue weighted by molar-refractivity contribution is -0.136. The first kappa shape index (κ1) is 16.6. The molecule has 0 aliphatic carbocycles. The van der Waals surface area contributed by atoms with Crippen molar-refractivity contribution in [3.8, 4) is 0 Å². The van der Waals surface area contributed by atoms with Crippen LogP contribution in [0.15, 0.2) is 12.1 Å².